The minimum atomic E-state index is -0.633. The zero-order valence-electron chi connectivity index (χ0n) is 15.7. The van der Waals surface area contributed by atoms with Crippen molar-refractivity contribution >= 4 is 23.5 Å². The maximum absolute atomic E-state index is 12.3. The lowest BCUT2D eigenvalue weighted by Gasteiger charge is -2.33. The first-order valence-electron chi connectivity index (χ1n) is 8.71. The van der Waals surface area contributed by atoms with Crippen molar-refractivity contribution in [2.45, 2.75) is 38.6 Å². The van der Waals surface area contributed by atoms with Gasteiger partial charge in [-0.15, -0.1) is 0 Å². The third-order valence-electron chi connectivity index (χ3n) is 4.92. The van der Waals surface area contributed by atoms with Crippen molar-refractivity contribution < 1.29 is 23.8 Å². The molecule has 0 unspecified atom stereocenters. The molecular weight excluding hydrogens is 358 g/mol. The van der Waals surface area contributed by atoms with Crippen LogP contribution >= 0.6 is 11.6 Å². The second kappa shape index (κ2) is 9.12. The number of hydrogen-bond donors (Lipinski definition) is 0. The highest BCUT2D eigenvalue weighted by molar-refractivity contribution is 6.32. The van der Waals surface area contributed by atoms with Crippen molar-refractivity contribution in [2.75, 3.05) is 27.9 Å². The van der Waals surface area contributed by atoms with E-state index in [0.29, 0.717) is 17.4 Å². The first-order valence-corrected chi connectivity index (χ1v) is 9.09. The Labute approximate surface area is 159 Å². The van der Waals surface area contributed by atoms with Crippen LogP contribution in [0, 0.1) is 5.92 Å². The third kappa shape index (κ3) is 4.81. The number of carbonyl (C=O) groups is 2. The van der Waals surface area contributed by atoms with E-state index in [2.05, 4.69) is 6.92 Å². The van der Waals surface area contributed by atoms with E-state index in [1.54, 1.807) is 11.9 Å². The molecule has 0 bridgehead atoms. The molecule has 26 heavy (non-hydrogen) atoms. The molecule has 6 nitrogen and oxygen atoms in total. The molecule has 1 fully saturated rings. The van der Waals surface area contributed by atoms with Gasteiger partial charge in [0, 0.05) is 13.1 Å². The van der Waals surface area contributed by atoms with Gasteiger partial charge in [0.15, 0.2) is 18.1 Å². The molecule has 1 aromatic rings. The minimum Gasteiger partial charge on any atom is -0.493 e. The normalized spacial score (nSPS) is 19.6. The first-order chi connectivity index (χ1) is 12.4. The van der Waals surface area contributed by atoms with Gasteiger partial charge in [0.2, 0.25) is 0 Å². The summed E-state index contributed by atoms with van der Waals surface area (Å²) in [4.78, 5) is 26.3. The van der Waals surface area contributed by atoms with Crippen molar-refractivity contribution in [3.05, 3.63) is 22.7 Å². The number of likely N-dealkylation sites (N-methyl/N-ethyl adjacent to an activating group) is 1. The molecule has 0 atom stereocenters. The fourth-order valence-electron chi connectivity index (χ4n) is 3.18. The third-order valence-corrected chi connectivity index (χ3v) is 5.20. The first kappa shape index (κ1) is 20.4. The highest BCUT2D eigenvalue weighted by Crippen LogP contribution is 2.36. The Morgan fingerprint density at radius 3 is 2.38 bits per heavy atom. The van der Waals surface area contributed by atoms with E-state index in [9.17, 15) is 9.59 Å². The molecule has 1 aromatic carbocycles. The van der Waals surface area contributed by atoms with Gasteiger partial charge in [-0.1, -0.05) is 18.5 Å². The quantitative estimate of drug-likeness (QED) is 0.703. The molecule has 1 aliphatic rings. The SMILES string of the molecule is COc1cc(C(=O)OCC(=O)N(C)C2CCC(C)CC2)cc(Cl)c1OC. The van der Waals surface area contributed by atoms with E-state index in [0.717, 1.165) is 25.7 Å². The van der Waals surface area contributed by atoms with E-state index >= 15 is 0 Å². The lowest BCUT2D eigenvalue weighted by molar-refractivity contribution is -0.136. The minimum absolute atomic E-state index is 0.203. The van der Waals surface area contributed by atoms with Crippen LogP contribution in [0.5, 0.6) is 11.5 Å². The fourth-order valence-corrected chi connectivity index (χ4v) is 3.47. The van der Waals surface area contributed by atoms with Gasteiger partial charge in [0.1, 0.15) is 0 Å². The summed E-state index contributed by atoms with van der Waals surface area (Å²) < 4.78 is 15.5. The summed E-state index contributed by atoms with van der Waals surface area (Å²) in [7, 11) is 4.68. The van der Waals surface area contributed by atoms with Crippen molar-refractivity contribution in [3.8, 4) is 11.5 Å². The predicted molar refractivity (Wildman–Crippen MR) is 99.0 cm³/mol. The molecule has 0 aromatic heterocycles. The standard InChI is InChI=1S/C19H26ClNO5/c1-12-5-7-14(8-6-12)21(2)17(22)11-26-19(23)13-9-15(20)18(25-4)16(10-13)24-3/h9-10,12,14H,5-8,11H2,1-4H3. The zero-order chi connectivity index (χ0) is 19.3. The highest BCUT2D eigenvalue weighted by atomic mass is 35.5. The number of hydrogen-bond acceptors (Lipinski definition) is 5. The van der Waals surface area contributed by atoms with E-state index in [1.165, 1.54) is 26.4 Å². The Bertz CT molecular complexity index is 656. The van der Waals surface area contributed by atoms with Crippen LogP contribution < -0.4 is 9.47 Å². The largest absolute Gasteiger partial charge is 0.493 e. The van der Waals surface area contributed by atoms with E-state index < -0.39 is 5.97 Å². The summed E-state index contributed by atoms with van der Waals surface area (Å²) in [5.41, 5.74) is 0.203. The van der Waals surface area contributed by atoms with Crippen LogP contribution in [0.4, 0.5) is 0 Å². The van der Waals surface area contributed by atoms with Crippen molar-refractivity contribution in [1.29, 1.82) is 0 Å². The van der Waals surface area contributed by atoms with Gasteiger partial charge in [-0.25, -0.2) is 4.79 Å². The number of amides is 1. The van der Waals surface area contributed by atoms with Crippen LogP contribution in [0.1, 0.15) is 43.0 Å². The van der Waals surface area contributed by atoms with Gasteiger partial charge >= 0.3 is 5.97 Å². The summed E-state index contributed by atoms with van der Waals surface area (Å²) >= 11 is 6.10. The van der Waals surface area contributed by atoms with E-state index in [-0.39, 0.29) is 29.1 Å². The number of rotatable bonds is 6. The average molecular weight is 384 g/mol. The smallest absolute Gasteiger partial charge is 0.338 e. The summed E-state index contributed by atoms with van der Waals surface area (Å²) in [5.74, 6) is 0.540. The molecule has 0 N–H and O–H groups in total. The summed E-state index contributed by atoms with van der Waals surface area (Å²) in [6.07, 6.45) is 4.21. The second-order valence-corrected chi connectivity index (χ2v) is 7.10. The molecular formula is C19H26ClNO5. The average Bonchev–Trinajstić information content (AvgIpc) is 2.64. The lowest BCUT2D eigenvalue weighted by Crippen LogP contribution is -2.41. The molecule has 0 aliphatic heterocycles. The summed E-state index contributed by atoms with van der Waals surface area (Å²) in [6.45, 7) is 1.93. The molecule has 144 valence electrons. The Balaban J connectivity index is 1.95. The monoisotopic (exact) mass is 383 g/mol. The lowest BCUT2D eigenvalue weighted by atomic mass is 9.87. The van der Waals surface area contributed by atoms with Crippen LogP contribution in [0.2, 0.25) is 5.02 Å². The number of benzene rings is 1. The van der Waals surface area contributed by atoms with E-state index in [4.69, 9.17) is 25.8 Å². The molecule has 1 aliphatic carbocycles. The molecule has 7 heteroatoms. The van der Waals surface area contributed by atoms with Crippen LogP contribution in [0.3, 0.4) is 0 Å². The number of ether oxygens (including phenoxy) is 3. The molecule has 2 rings (SSSR count). The molecule has 0 heterocycles. The van der Waals surface area contributed by atoms with Crippen LogP contribution in [-0.2, 0) is 9.53 Å². The Morgan fingerprint density at radius 2 is 1.81 bits per heavy atom. The van der Waals surface area contributed by atoms with Crippen LogP contribution in [-0.4, -0.2) is 50.7 Å². The predicted octanol–water partition coefficient (Wildman–Crippen LogP) is 3.55. The van der Waals surface area contributed by atoms with Gasteiger partial charge < -0.3 is 19.1 Å². The van der Waals surface area contributed by atoms with Crippen molar-refractivity contribution in [3.63, 3.8) is 0 Å². The highest BCUT2D eigenvalue weighted by Gasteiger charge is 2.25. The maximum atomic E-state index is 12.3. The molecule has 0 radical (unpaired) electrons. The number of halogens is 1. The Kier molecular flexibility index (Phi) is 7.14. The van der Waals surface area contributed by atoms with E-state index in [1.807, 2.05) is 0 Å². The molecule has 0 saturated heterocycles. The van der Waals surface area contributed by atoms with Gasteiger partial charge in [-0.3, -0.25) is 4.79 Å². The number of methoxy groups -OCH3 is 2. The number of esters is 1. The van der Waals surface area contributed by atoms with Gasteiger partial charge in [-0.05, 0) is 43.7 Å². The second-order valence-electron chi connectivity index (χ2n) is 6.69. The summed E-state index contributed by atoms with van der Waals surface area (Å²) in [5, 5.41) is 0.235. The maximum Gasteiger partial charge on any atom is 0.338 e. The van der Waals surface area contributed by atoms with Crippen LogP contribution in [0.15, 0.2) is 12.1 Å². The number of nitrogens with zero attached hydrogens (tertiary/aromatic N) is 1. The molecule has 1 amide bonds. The topological polar surface area (TPSA) is 65.1 Å². The summed E-state index contributed by atoms with van der Waals surface area (Å²) in [6, 6.07) is 3.12. The van der Waals surface area contributed by atoms with Gasteiger partial charge in [0.05, 0.1) is 24.8 Å². The van der Waals surface area contributed by atoms with Crippen molar-refractivity contribution in [2.24, 2.45) is 5.92 Å². The van der Waals surface area contributed by atoms with Gasteiger partial charge in [0.25, 0.3) is 5.91 Å². The molecule has 1 saturated carbocycles. The fraction of sp³-hybridized carbons (Fsp3) is 0.579. The zero-order valence-corrected chi connectivity index (χ0v) is 16.5. The van der Waals surface area contributed by atoms with Gasteiger partial charge in [-0.2, -0.15) is 0 Å². The molecule has 0 spiro atoms. The number of carbonyl (C=O) groups excluding carboxylic acids is 2. The Morgan fingerprint density at radius 1 is 1.15 bits per heavy atom. The van der Waals surface area contributed by atoms with Crippen LogP contribution in [0.25, 0.3) is 0 Å². The Hall–Kier alpha value is -1.95. The van der Waals surface area contributed by atoms with Crippen molar-refractivity contribution in [1.82, 2.24) is 4.90 Å².